The summed E-state index contributed by atoms with van der Waals surface area (Å²) in [6.45, 7) is 6.48. The molecule has 1 aromatic rings. The average molecular weight is 351 g/mol. The van der Waals surface area contributed by atoms with Crippen LogP contribution in [0.2, 0.25) is 0 Å². The summed E-state index contributed by atoms with van der Waals surface area (Å²) in [7, 11) is 0. The van der Waals surface area contributed by atoms with E-state index in [0.29, 0.717) is 30.3 Å². The number of fused-ring (bicyclic) bond motifs is 2. The van der Waals surface area contributed by atoms with E-state index in [9.17, 15) is 4.79 Å². The number of carbonyl (C=O) groups is 1. The van der Waals surface area contributed by atoms with E-state index in [0.717, 1.165) is 0 Å². The lowest BCUT2D eigenvalue weighted by molar-refractivity contribution is -0.122. The van der Waals surface area contributed by atoms with Crippen molar-refractivity contribution in [2.75, 3.05) is 0 Å². The van der Waals surface area contributed by atoms with Crippen LogP contribution in [0, 0.1) is 5.92 Å². The summed E-state index contributed by atoms with van der Waals surface area (Å²) in [6, 6.07) is 10.0. The van der Waals surface area contributed by atoms with Crippen molar-refractivity contribution in [1.29, 1.82) is 0 Å². The molecule has 2 saturated heterocycles. The molecule has 4 heteroatoms. The second kappa shape index (κ2) is 8.35. The first-order valence-electron chi connectivity index (χ1n) is 9.16. The molecule has 0 aliphatic carbocycles. The number of benzene rings is 1. The number of rotatable bonds is 5. The Morgan fingerprint density at radius 3 is 2.17 bits per heavy atom. The zero-order chi connectivity index (χ0) is 16.4. The summed E-state index contributed by atoms with van der Waals surface area (Å²) in [5.74, 6) is 1.31. The standard InChI is InChI=1S/C20H30N2O.ClH/c1-13(2)16-4-6-17(7-5-16)14(3)21-20(23)12-15-10-18-8-9-19(11-15)22-18;/h4-7,13-15,18-19,22H,8-12H2,1-3H3,(H,21,23);1H. The van der Waals surface area contributed by atoms with Crippen molar-refractivity contribution in [2.24, 2.45) is 5.92 Å². The number of hydrogen-bond acceptors (Lipinski definition) is 2. The van der Waals surface area contributed by atoms with Crippen LogP contribution in [0.3, 0.4) is 0 Å². The highest BCUT2D eigenvalue weighted by molar-refractivity contribution is 5.85. The van der Waals surface area contributed by atoms with Crippen LogP contribution >= 0.6 is 12.4 Å². The van der Waals surface area contributed by atoms with E-state index >= 15 is 0 Å². The molecule has 2 fully saturated rings. The molecule has 2 bridgehead atoms. The highest BCUT2D eigenvalue weighted by Crippen LogP contribution is 2.32. The molecule has 0 saturated carbocycles. The van der Waals surface area contributed by atoms with Gasteiger partial charge in [-0.15, -0.1) is 12.4 Å². The molecule has 0 spiro atoms. The molecule has 0 aromatic heterocycles. The Labute approximate surface area is 152 Å². The van der Waals surface area contributed by atoms with Crippen molar-refractivity contribution in [3.05, 3.63) is 35.4 Å². The number of hydrogen-bond donors (Lipinski definition) is 2. The number of halogens is 1. The third kappa shape index (κ3) is 4.73. The van der Waals surface area contributed by atoms with Gasteiger partial charge in [0.2, 0.25) is 5.91 Å². The van der Waals surface area contributed by atoms with E-state index in [1.807, 2.05) is 0 Å². The molecule has 3 rings (SSSR count). The zero-order valence-corrected chi connectivity index (χ0v) is 15.9. The van der Waals surface area contributed by atoms with Gasteiger partial charge in [0.15, 0.2) is 0 Å². The molecule has 134 valence electrons. The molecular formula is C20H31ClN2O. The third-order valence-corrected chi connectivity index (χ3v) is 5.53. The van der Waals surface area contributed by atoms with Crippen LogP contribution in [0.15, 0.2) is 24.3 Å². The number of nitrogens with one attached hydrogen (secondary N) is 2. The van der Waals surface area contributed by atoms with Gasteiger partial charge < -0.3 is 10.6 Å². The van der Waals surface area contributed by atoms with Gasteiger partial charge in [0.05, 0.1) is 6.04 Å². The van der Waals surface area contributed by atoms with E-state index in [4.69, 9.17) is 0 Å². The van der Waals surface area contributed by atoms with Gasteiger partial charge in [-0.25, -0.2) is 0 Å². The number of piperidine rings is 1. The maximum atomic E-state index is 12.4. The van der Waals surface area contributed by atoms with Gasteiger partial charge in [0.1, 0.15) is 0 Å². The SMILES string of the molecule is CC(C)c1ccc(C(C)NC(=O)CC2CC3CCC(C2)N3)cc1.Cl. The Morgan fingerprint density at radius 1 is 1.08 bits per heavy atom. The van der Waals surface area contributed by atoms with Gasteiger partial charge >= 0.3 is 0 Å². The molecule has 3 atom stereocenters. The molecule has 1 aromatic carbocycles. The van der Waals surface area contributed by atoms with Gasteiger partial charge in [0, 0.05) is 18.5 Å². The fourth-order valence-corrected chi connectivity index (χ4v) is 4.16. The van der Waals surface area contributed by atoms with E-state index in [-0.39, 0.29) is 24.4 Å². The third-order valence-electron chi connectivity index (χ3n) is 5.53. The molecular weight excluding hydrogens is 320 g/mol. The Balaban J connectivity index is 0.00000208. The predicted molar refractivity (Wildman–Crippen MR) is 102 cm³/mol. The zero-order valence-electron chi connectivity index (χ0n) is 15.0. The molecule has 0 radical (unpaired) electrons. The van der Waals surface area contributed by atoms with Crippen molar-refractivity contribution in [3.8, 4) is 0 Å². The Morgan fingerprint density at radius 2 is 1.62 bits per heavy atom. The molecule has 2 aliphatic heterocycles. The molecule has 3 unspecified atom stereocenters. The lowest BCUT2D eigenvalue weighted by atomic mass is 9.89. The van der Waals surface area contributed by atoms with Gasteiger partial charge in [-0.3, -0.25) is 4.79 Å². The van der Waals surface area contributed by atoms with Crippen LogP contribution in [-0.4, -0.2) is 18.0 Å². The van der Waals surface area contributed by atoms with Crippen LogP contribution in [0.1, 0.15) is 76.0 Å². The maximum absolute atomic E-state index is 12.4. The summed E-state index contributed by atoms with van der Waals surface area (Å²) in [4.78, 5) is 12.4. The van der Waals surface area contributed by atoms with E-state index in [2.05, 4.69) is 55.7 Å². The summed E-state index contributed by atoms with van der Waals surface area (Å²) in [5, 5.41) is 6.83. The smallest absolute Gasteiger partial charge is 0.220 e. The normalized spacial score (nSPS) is 26.8. The number of carbonyl (C=O) groups excluding carboxylic acids is 1. The molecule has 1 amide bonds. The van der Waals surface area contributed by atoms with E-state index < -0.39 is 0 Å². The van der Waals surface area contributed by atoms with Crippen molar-refractivity contribution < 1.29 is 4.79 Å². The van der Waals surface area contributed by atoms with E-state index in [1.165, 1.54) is 36.8 Å². The van der Waals surface area contributed by atoms with Crippen LogP contribution < -0.4 is 10.6 Å². The Hall–Kier alpha value is -1.06. The molecule has 3 nitrogen and oxygen atoms in total. The largest absolute Gasteiger partial charge is 0.350 e. The summed E-state index contributed by atoms with van der Waals surface area (Å²) >= 11 is 0. The lowest BCUT2D eigenvalue weighted by Crippen LogP contribution is -2.40. The first kappa shape index (κ1) is 19.3. The quantitative estimate of drug-likeness (QED) is 0.829. The second-order valence-electron chi connectivity index (χ2n) is 7.79. The van der Waals surface area contributed by atoms with Gasteiger partial charge in [-0.1, -0.05) is 38.1 Å². The highest BCUT2D eigenvalue weighted by Gasteiger charge is 2.34. The minimum absolute atomic E-state index is 0. The summed E-state index contributed by atoms with van der Waals surface area (Å²) < 4.78 is 0. The molecule has 2 heterocycles. The van der Waals surface area contributed by atoms with Gasteiger partial charge in [-0.05, 0) is 55.6 Å². The van der Waals surface area contributed by atoms with Crippen molar-refractivity contribution in [1.82, 2.24) is 10.6 Å². The number of amides is 1. The minimum atomic E-state index is 0. The first-order valence-corrected chi connectivity index (χ1v) is 9.16. The van der Waals surface area contributed by atoms with Crippen LogP contribution in [0.25, 0.3) is 0 Å². The summed E-state index contributed by atoms with van der Waals surface area (Å²) in [6.07, 6.45) is 5.61. The molecule has 2 aliphatic rings. The second-order valence-corrected chi connectivity index (χ2v) is 7.79. The van der Waals surface area contributed by atoms with Crippen molar-refractivity contribution in [2.45, 2.75) is 76.9 Å². The highest BCUT2D eigenvalue weighted by atomic mass is 35.5. The lowest BCUT2D eigenvalue weighted by Gasteiger charge is -2.29. The maximum Gasteiger partial charge on any atom is 0.220 e. The summed E-state index contributed by atoms with van der Waals surface area (Å²) in [5.41, 5.74) is 2.53. The molecule has 2 N–H and O–H groups in total. The first-order chi connectivity index (χ1) is 11.0. The van der Waals surface area contributed by atoms with E-state index in [1.54, 1.807) is 0 Å². The molecule has 24 heavy (non-hydrogen) atoms. The fourth-order valence-electron chi connectivity index (χ4n) is 4.16. The monoisotopic (exact) mass is 350 g/mol. The minimum Gasteiger partial charge on any atom is -0.350 e. The van der Waals surface area contributed by atoms with Crippen molar-refractivity contribution in [3.63, 3.8) is 0 Å². The fraction of sp³-hybridized carbons (Fsp3) is 0.650. The van der Waals surface area contributed by atoms with Crippen molar-refractivity contribution >= 4 is 18.3 Å². The van der Waals surface area contributed by atoms with Crippen LogP contribution in [0.5, 0.6) is 0 Å². The van der Waals surface area contributed by atoms with Gasteiger partial charge in [0.25, 0.3) is 0 Å². The van der Waals surface area contributed by atoms with Crippen LogP contribution in [-0.2, 0) is 4.79 Å². The Bertz CT molecular complexity index is 531. The van der Waals surface area contributed by atoms with Gasteiger partial charge in [-0.2, -0.15) is 0 Å². The average Bonchev–Trinajstić information content (AvgIpc) is 2.86. The Kier molecular flexibility index (Phi) is 6.70. The topological polar surface area (TPSA) is 41.1 Å². The van der Waals surface area contributed by atoms with Crippen LogP contribution in [0.4, 0.5) is 0 Å². The predicted octanol–water partition coefficient (Wildman–Crippen LogP) is 4.33.